The van der Waals surface area contributed by atoms with E-state index in [9.17, 15) is 0 Å². The van der Waals surface area contributed by atoms with Gasteiger partial charge in [0.1, 0.15) is 0 Å². The number of likely N-dealkylation sites (tertiary alicyclic amines) is 1. The zero-order valence-electron chi connectivity index (χ0n) is 12.3. The van der Waals surface area contributed by atoms with Crippen molar-refractivity contribution in [2.24, 2.45) is 16.8 Å². The van der Waals surface area contributed by atoms with Crippen LogP contribution in [-0.4, -0.2) is 36.5 Å². The Morgan fingerprint density at radius 3 is 2.61 bits per heavy atom. The van der Waals surface area contributed by atoms with E-state index < -0.39 is 0 Å². The van der Waals surface area contributed by atoms with Crippen LogP contribution >= 0.6 is 0 Å². The third-order valence-corrected chi connectivity index (χ3v) is 4.29. The number of piperidine rings is 1. The summed E-state index contributed by atoms with van der Waals surface area (Å²) in [6.45, 7) is 10.0. The lowest BCUT2D eigenvalue weighted by molar-refractivity contribution is 0.272. The van der Waals surface area contributed by atoms with Crippen LogP contribution in [0.15, 0.2) is 4.99 Å². The molecule has 2 fully saturated rings. The lowest BCUT2D eigenvalue weighted by Gasteiger charge is -2.33. The predicted octanol–water partition coefficient (Wildman–Crippen LogP) is 2.87. The van der Waals surface area contributed by atoms with Crippen molar-refractivity contribution in [3.05, 3.63) is 0 Å². The van der Waals surface area contributed by atoms with Gasteiger partial charge in [-0.3, -0.25) is 4.99 Å². The predicted molar refractivity (Wildman–Crippen MR) is 77.9 cm³/mol. The second kappa shape index (κ2) is 6.44. The monoisotopic (exact) mass is 251 g/mol. The van der Waals surface area contributed by atoms with E-state index in [1.54, 1.807) is 0 Å². The fraction of sp³-hybridized carbons (Fsp3) is 0.933. The largest absolute Gasteiger partial charge is 0.353 e. The minimum atomic E-state index is 0.703. The smallest absolute Gasteiger partial charge is 0.194 e. The highest BCUT2D eigenvalue weighted by Gasteiger charge is 2.37. The van der Waals surface area contributed by atoms with Gasteiger partial charge in [-0.1, -0.05) is 20.3 Å². The molecule has 1 N–H and O–H groups in total. The molecule has 104 valence electrons. The summed E-state index contributed by atoms with van der Waals surface area (Å²) in [6, 6.07) is 0.703. The van der Waals surface area contributed by atoms with Crippen molar-refractivity contribution in [1.82, 2.24) is 10.2 Å². The van der Waals surface area contributed by atoms with Crippen LogP contribution < -0.4 is 5.32 Å². The van der Waals surface area contributed by atoms with Gasteiger partial charge in [0, 0.05) is 25.7 Å². The van der Waals surface area contributed by atoms with E-state index in [-0.39, 0.29) is 0 Å². The van der Waals surface area contributed by atoms with Crippen LogP contribution in [0.5, 0.6) is 0 Å². The first-order chi connectivity index (χ1) is 8.74. The number of nitrogens with one attached hydrogen (secondary N) is 1. The van der Waals surface area contributed by atoms with Crippen LogP contribution in [-0.2, 0) is 0 Å². The van der Waals surface area contributed by atoms with Crippen LogP contribution in [0.1, 0.15) is 52.9 Å². The van der Waals surface area contributed by atoms with Gasteiger partial charge < -0.3 is 10.2 Å². The van der Waals surface area contributed by atoms with Crippen molar-refractivity contribution in [3.63, 3.8) is 0 Å². The standard InChI is InChI=1S/C15H29N3/c1-4-6-13-11-14(13)17-15(16-5-2)18-9-7-12(3)8-10-18/h12-14H,4-11H2,1-3H3,(H,16,17). The topological polar surface area (TPSA) is 27.6 Å². The van der Waals surface area contributed by atoms with Crippen molar-refractivity contribution in [3.8, 4) is 0 Å². The van der Waals surface area contributed by atoms with Crippen LogP contribution in [0.2, 0.25) is 0 Å². The number of rotatable bonds is 4. The van der Waals surface area contributed by atoms with Crippen molar-refractivity contribution >= 4 is 5.96 Å². The van der Waals surface area contributed by atoms with Crippen LogP contribution in [0.4, 0.5) is 0 Å². The first kappa shape index (κ1) is 13.7. The van der Waals surface area contributed by atoms with E-state index in [2.05, 4.69) is 36.0 Å². The van der Waals surface area contributed by atoms with Crippen molar-refractivity contribution in [2.45, 2.75) is 58.9 Å². The summed E-state index contributed by atoms with van der Waals surface area (Å²) in [5.41, 5.74) is 0. The Bertz CT molecular complexity index is 279. The van der Waals surface area contributed by atoms with E-state index in [0.29, 0.717) is 6.04 Å². The molecular weight excluding hydrogens is 222 g/mol. The second-order valence-electron chi connectivity index (χ2n) is 6.00. The fourth-order valence-corrected chi connectivity index (χ4v) is 2.89. The van der Waals surface area contributed by atoms with Gasteiger partial charge in [-0.05, 0) is 44.4 Å². The van der Waals surface area contributed by atoms with Gasteiger partial charge in [0.05, 0.1) is 0 Å². The van der Waals surface area contributed by atoms with Gasteiger partial charge >= 0.3 is 0 Å². The van der Waals surface area contributed by atoms with Gasteiger partial charge in [0.15, 0.2) is 5.96 Å². The van der Waals surface area contributed by atoms with E-state index >= 15 is 0 Å². The Hall–Kier alpha value is -0.730. The molecule has 1 heterocycles. The number of aliphatic imine (C=N–C) groups is 1. The number of guanidine groups is 1. The Balaban J connectivity index is 1.83. The maximum absolute atomic E-state index is 4.68. The van der Waals surface area contributed by atoms with Crippen LogP contribution in [0.25, 0.3) is 0 Å². The van der Waals surface area contributed by atoms with Crippen molar-refractivity contribution in [1.29, 1.82) is 0 Å². The first-order valence-electron chi connectivity index (χ1n) is 7.80. The number of hydrogen-bond acceptors (Lipinski definition) is 1. The summed E-state index contributed by atoms with van der Waals surface area (Å²) in [6.07, 6.45) is 6.65. The average Bonchev–Trinajstić information content (AvgIpc) is 3.08. The Kier molecular flexibility index (Phi) is 4.90. The molecule has 0 spiro atoms. The maximum Gasteiger partial charge on any atom is 0.194 e. The molecule has 18 heavy (non-hydrogen) atoms. The maximum atomic E-state index is 4.68. The summed E-state index contributed by atoms with van der Waals surface area (Å²) < 4.78 is 0. The molecule has 3 heteroatoms. The van der Waals surface area contributed by atoms with Gasteiger partial charge in [-0.15, -0.1) is 0 Å². The molecule has 0 aromatic rings. The highest BCUT2D eigenvalue weighted by molar-refractivity contribution is 5.80. The molecule has 0 aromatic heterocycles. The molecule has 2 unspecified atom stereocenters. The molecule has 3 nitrogen and oxygen atoms in total. The molecule has 2 atom stereocenters. The Morgan fingerprint density at radius 1 is 1.28 bits per heavy atom. The minimum Gasteiger partial charge on any atom is -0.353 e. The second-order valence-corrected chi connectivity index (χ2v) is 6.00. The summed E-state index contributed by atoms with van der Waals surface area (Å²) in [4.78, 5) is 7.14. The molecule has 2 aliphatic rings. The molecule has 1 saturated heterocycles. The average molecular weight is 251 g/mol. The first-order valence-corrected chi connectivity index (χ1v) is 7.80. The summed E-state index contributed by atoms with van der Waals surface area (Å²) in [5, 5.41) is 3.69. The highest BCUT2D eigenvalue weighted by atomic mass is 15.3. The summed E-state index contributed by atoms with van der Waals surface area (Å²) in [7, 11) is 0. The lowest BCUT2D eigenvalue weighted by Crippen LogP contribution is -2.46. The fourth-order valence-electron chi connectivity index (χ4n) is 2.89. The summed E-state index contributed by atoms with van der Waals surface area (Å²) >= 11 is 0. The van der Waals surface area contributed by atoms with Crippen molar-refractivity contribution in [2.75, 3.05) is 19.6 Å². The minimum absolute atomic E-state index is 0.703. The van der Waals surface area contributed by atoms with E-state index in [4.69, 9.17) is 0 Å². The van der Waals surface area contributed by atoms with Crippen LogP contribution in [0, 0.1) is 11.8 Å². The van der Waals surface area contributed by atoms with Gasteiger partial charge in [-0.25, -0.2) is 0 Å². The lowest BCUT2D eigenvalue weighted by atomic mass is 9.99. The van der Waals surface area contributed by atoms with Gasteiger partial charge in [-0.2, -0.15) is 0 Å². The third kappa shape index (κ3) is 3.63. The zero-order chi connectivity index (χ0) is 13.0. The van der Waals surface area contributed by atoms with Gasteiger partial charge in [0.2, 0.25) is 0 Å². The molecule has 1 aliphatic heterocycles. The van der Waals surface area contributed by atoms with E-state index in [1.165, 1.54) is 51.2 Å². The molecule has 2 rings (SSSR count). The Morgan fingerprint density at radius 2 is 2.00 bits per heavy atom. The number of nitrogens with zero attached hydrogens (tertiary/aromatic N) is 2. The molecule has 0 amide bonds. The number of hydrogen-bond donors (Lipinski definition) is 1. The van der Waals surface area contributed by atoms with E-state index in [1.807, 2.05) is 0 Å². The third-order valence-electron chi connectivity index (χ3n) is 4.29. The SMILES string of the molecule is CCCC1CC1NC(=NCC)N1CCC(C)CC1. The molecule has 0 radical (unpaired) electrons. The molecule has 0 bridgehead atoms. The molecular formula is C15H29N3. The highest BCUT2D eigenvalue weighted by Crippen LogP contribution is 2.34. The summed E-state index contributed by atoms with van der Waals surface area (Å²) in [5.74, 6) is 2.96. The molecule has 0 aromatic carbocycles. The van der Waals surface area contributed by atoms with Crippen LogP contribution in [0.3, 0.4) is 0 Å². The molecule has 1 saturated carbocycles. The molecule has 1 aliphatic carbocycles. The quantitative estimate of drug-likeness (QED) is 0.614. The van der Waals surface area contributed by atoms with E-state index in [0.717, 1.165) is 18.4 Å². The zero-order valence-corrected chi connectivity index (χ0v) is 12.3. The van der Waals surface area contributed by atoms with Crippen molar-refractivity contribution < 1.29 is 0 Å². The normalized spacial score (nSPS) is 29.5. The Labute approximate surface area is 112 Å². The van der Waals surface area contributed by atoms with Gasteiger partial charge in [0.25, 0.3) is 0 Å².